The second kappa shape index (κ2) is 7.13. The SMILES string of the molecule is COc1cccc(CCCN2CCN(C)CC2)c1Cl. The van der Waals surface area contributed by atoms with Gasteiger partial charge < -0.3 is 14.5 Å². The molecule has 0 saturated carbocycles. The molecule has 0 N–H and O–H groups in total. The number of benzene rings is 1. The van der Waals surface area contributed by atoms with E-state index < -0.39 is 0 Å². The van der Waals surface area contributed by atoms with Crippen LogP contribution in [0.5, 0.6) is 5.75 Å². The fourth-order valence-electron chi connectivity index (χ4n) is 2.47. The third-order valence-corrected chi connectivity index (χ3v) is 4.21. The van der Waals surface area contributed by atoms with Gasteiger partial charge in [-0.15, -0.1) is 0 Å². The molecule has 0 unspecified atom stereocenters. The molecule has 0 radical (unpaired) electrons. The molecular weight excluding hydrogens is 260 g/mol. The molecule has 19 heavy (non-hydrogen) atoms. The van der Waals surface area contributed by atoms with Gasteiger partial charge in [-0.2, -0.15) is 0 Å². The molecule has 2 rings (SSSR count). The van der Waals surface area contributed by atoms with Crippen molar-refractivity contribution in [1.82, 2.24) is 9.80 Å². The van der Waals surface area contributed by atoms with Gasteiger partial charge in [0.15, 0.2) is 0 Å². The predicted molar refractivity (Wildman–Crippen MR) is 80.3 cm³/mol. The van der Waals surface area contributed by atoms with Crippen molar-refractivity contribution in [3.63, 3.8) is 0 Å². The van der Waals surface area contributed by atoms with Crippen LogP contribution >= 0.6 is 11.6 Å². The normalized spacial score (nSPS) is 17.6. The Morgan fingerprint density at radius 2 is 1.95 bits per heavy atom. The number of rotatable bonds is 5. The van der Waals surface area contributed by atoms with E-state index in [4.69, 9.17) is 16.3 Å². The van der Waals surface area contributed by atoms with Crippen molar-refractivity contribution in [2.75, 3.05) is 46.9 Å². The van der Waals surface area contributed by atoms with Gasteiger partial charge in [-0.25, -0.2) is 0 Å². The molecule has 0 atom stereocenters. The molecule has 4 heteroatoms. The fourth-order valence-corrected chi connectivity index (χ4v) is 2.77. The molecule has 0 aliphatic carbocycles. The van der Waals surface area contributed by atoms with Gasteiger partial charge in [0.1, 0.15) is 5.75 Å². The second-order valence-corrected chi connectivity index (χ2v) is 5.56. The molecule has 1 heterocycles. The van der Waals surface area contributed by atoms with Crippen molar-refractivity contribution in [2.24, 2.45) is 0 Å². The topological polar surface area (TPSA) is 15.7 Å². The van der Waals surface area contributed by atoms with Crippen molar-refractivity contribution in [2.45, 2.75) is 12.8 Å². The average Bonchev–Trinajstić information content (AvgIpc) is 2.43. The summed E-state index contributed by atoms with van der Waals surface area (Å²) in [5.74, 6) is 0.777. The summed E-state index contributed by atoms with van der Waals surface area (Å²) in [5, 5.41) is 0.767. The number of piperazine rings is 1. The quantitative estimate of drug-likeness (QED) is 0.825. The number of likely N-dealkylation sites (N-methyl/N-ethyl adjacent to an activating group) is 1. The lowest BCUT2D eigenvalue weighted by molar-refractivity contribution is 0.153. The van der Waals surface area contributed by atoms with Gasteiger partial charge in [0, 0.05) is 26.2 Å². The fraction of sp³-hybridized carbons (Fsp3) is 0.600. The van der Waals surface area contributed by atoms with Crippen LogP contribution in [0.25, 0.3) is 0 Å². The van der Waals surface area contributed by atoms with E-state index in [0.29, 0.717) is 0 Å². The number of hydrogen-bond acceptors (Lipinski definition) is 3. The molecule has 0 amide bonds. The predicted octanol–water partition coefficient (Wildman–Crippen LogP) is 2.53. The standard InChI is InChI=1S/C15H23ClN2O/c1-17-9-11-18(12-10-17)8-4-6-13-5-3-7-14(19-2)15(13)16/h3,5,7H,4,6,8-12H2,1-2H3. The number of nitrogens with zero attached hydrogens (tertiary/aromatic N) is 2. The first-order chi connectivity index (χ1) is 9.20. The van der Waals surface area contributed by atoms with Crippen molar-refractivity contribution in [1.29, 1.82) is 0 Å². The molecule has 1 aliphatic heterocycles. The van der Waals surface area contributed by atoms with Crippen molar-refractivity contribution >= 4 is 11.6 Å². The van der Waals surface area contributed by atoms with Crippen molar-refractivity contribution < 1.29 is 4.74 Å². The molecular formula is C15H23ClN2O. The van der Waals surface area contributed by atoms with Crippen molar-refractivity contribution in [3.8, 4) is 5.75 Å². The summed E-state index contributed by atoms with van der Waals surface area (Å²) >= 11 is 6.30. The largest absolute Gasteiger partial charge is 0.495 e. The van der Waals surface area contributed by atoms with E-state index in [1.54, 1.807) is 7.11 Å². The summed E-state index contributed by atoms with van der Waals surface area (Å²) in [6.07, 6.45) is 2.17. The first-order valence-electron chi connectivity index (χ1n) is 6.93. The van der Waals surface area contributed by atoms with Gasteiger partial charge in [-0.3, -0.25) is 0 Å². The third-order valence-electron chi connectivity index (χ3n) is 3.78. The van der Waals surface area contributed by atoms with Crippen LogP contribution in [0.4, 0.5) is 0 Å². The molecule has 0 bridgehead atoms. The Morgan fingerprint density at radius 3 is 2.63 bits per heavy atom. The van der Waals surface area contributed by atoms with Crippen LogP contribution < -0.4 is 4.74 Å². The van der Waals surface area contributed by atoms with Crippen molar-refractivity contribution in [3.05, 3.63) is 28.8 Å². The first kappa shape index (κ1) is 14.6. The highest BCUT2D eigenvalue weighted by atomic mass is 35.5. The lowest BCUT2D eigenvalue weighted by Crippen LogP contribution is -2.44. The summed E-state index contributed by atoms with van der Waals surface area (Å²) in [6, 6.07) is 6.01. The molecule has 106 valence electrons. The highest BCUT2D eigenvalue weighted by Gasteiger charge is 2.13. The highest BCUT2D eigenvalue weighted by molar-refractivity contribution is 6.32. The van der Waals surface area contributed by atoms with E-state index in [2.05, 4.69) is 22.9 Å². The summed E-state index contributed by atoms with van der Waals surface area (Å²) in [5.41, 5.74) is 1.19. The third kappa shape index (κ3) is 4.10. The Balaban J connectivity index is 1.79. The average molecular weight is 283 g/mol. The van der Waals surface area contributed by atoms with Crippen LogP contribution in [0.1, 0.15) is 12.0 Å². The minimum absolute atomic E-state index is 0.767. The Kier molecular flexibility index (Phi) is 5.49. The lowest BCUT2D eigenvalue weighted by atomic mass is 10.1. The van der Waals surface area contributed by atoms with Gasteiger partial charge in [0.05, 0.1) is 12.1 Å². The molecule has 0 spiro atoms. The monoisotopic (exact) mass is 282 g/mol. The van der Waals surface area contributed by atoms with Gasteiger partial charge in [-0.05, 0) is 38.1 Å². The summed E-state index contributed by atoms with van der Waals surface area (Å²) < 4.78 is 5.25. The van der Waals surface area contributed by atoms with E-state index in [-0.39, 0.29) is 0 Å². The maximum Gasteiger partial charge on any atom is 0.137 e. The Labute approximate surface area is 121 Å². The molecule has 1 saturated heterocycles. The van der Waals surface area contributed by atoms with E-state index in [1.165, 1.54) is 31.7 Å². The number of hydrogen-bond donors (Lipinski definition) is 0. The number of methoxy groups -OCH3 is 1. The van der Waals surface area contributed by atoms with Crippen LogP contribution in [0.3, 0.4) is 0 Å². The van der Waals surface area contributed by atoms with E-state index in [1.807, 2.05) is 12.1 Å². The first-order valence-corrected chi connectivity index (χ1v) is 7.31. The summed E-state index contributed by atoms with van der Waals surface area (Å²) in [6.45, 7) is 5.88. The minimum atomic E-state index is 0.767. The highest BCUT2D eigenvalue weighted by Crippen LogP contribution is 2.28. The van der Waals surface area contributed by atoms with Crippen LogP contribution in [0, 0.1) is 0 Å². The number of halogens is 1. The maximum absolute atomic E-state index is 6.30. The molecule has 1 aliphatic rings. The summed E-state index contributed by atoms with van der Waals surface area (Å²) in [4.78, 5) is 4.92. The maximum atomic E-state index is 6.30. The van der Waals surface area contributed by atoms with E-state index in [9.17, 15) is 0 Å². The zero-order valence-electron chi connectivity index (χ0n) is 11.9. The Morgan fingerprint density at radius 1 is 1.21 bits per heavy atom. The van der Waals surface area contributed by atoms with Gasteiger partial charge in [0.25, 0.3) is 0 Å². The van der Waals surface area contributed by atoms with Crippen LogP contribution in [0.2, 0.25) is 5.02 Å². The minimum Gasteiger partial charge on any atom is -0.495 e. The van der Waals surface area contributed by atoms with E-state index in [0.717, 1.165) is 30.2 Å². The molecule has 1 aromatic carbocycles. The summed E-state index contributed by atoms with van der Waals surface area (Å²) in [7, 11) is 3.85. The Bertz CT molecular complexity index is 403. The molecule has 1 fully saturated rings. The smallest absolute Gasteiger partial charge is 0.137 e. The zero-order valence-corrected chi connectivity index (χ0v) is 12.6. The molecule has 3 nitrogen and oxygen atoms in total. The van der Waals surface area contributed by atoms with Crippen LogP contribution in [-0.4, -0.2) is 56.7 Å². The van der Waals surface area contributed by atoms with Gasteiger partial charge in [-0.1, -0.05) is 23.7 Å². The van der Waals surface area contributed by atoms with Gasteiger partial charge >= 0.3 is 0 Å². The van der Waals surface area contributed by atoms with E-state index >= 15 is 0 Å². The van der Waals surface area contributed by atoms with Crippen LogP contribution in [-0.2, 0) is 6.42 Å². The number of aryl methyl sites for hydroxylation is 1. The zero-order chi connectivity index (χ0) is 13.7. The molecule has 1 aromatic rings. The van der Waals surface area contributed by atoms with Crippen LogP contribution in [0.15, 0.2) is 18.2 Å². The number of ether oxygens (including phenoxy) is 1. The lowest BCUT2D eigenvalue weighted by Gasteiger charge is -2.32. The molecule has 0 aromatic heterocycles. The second-order valence-electron chi connectivity index (χ2n) is 5.18. The Hall–Kier alpha value is -0.770. The van der Waals surface area contributed by atoms with Gasteiger partial charge in [0.2, 0.25) is 0 Å².